The average molecular weight is 381 g/mol. The van der Waals surface area contributed by atoms with Gasteiger partial charge in [0.25, 0.3) is 5.91 Å². The van der Waals surface area contributed by atoms with Gasteiger partial charge in [0, 0.05) is 18.5 Å². The third-order valence-corrected chi connectivity index (χ3v) is 4.37. The first-order chi connectivity index (χ1) is 13.6. The predicted octanol–water partition coefficient (Wildman–Crippen LogP) is 2.47. The van der Waals surface area contributed by atoms with E-state index in [1.165, 1.54) is 0 Å². The fourth-order valence-electron chi connectivity index (χ4n) is 2.99. The molecule has 0 spiro atoms. The van der Waals surface area contributed by atoms with Crippen LogP contribution < -0.4 is 10.1 Å². The molecule has 1 heterocycles. The van der Waals surface area contributed by atoms with Crippen molar-refractivity contribution >= 4 is 22.9 Å². The third kappa shape index (κ3) is 4.49. The number of rotatable bonds is 8. The maximum absolute atomic E-state index is 12.2. The Hall–Kier alpha value is -3.35. The molecule has 1 amide bonds. The lowest BCUT2D eigenvalue weighted by atomic mass is 10.2. The lowest BCUT2D eigenvalue weighted by Crippen LogP contribution is -2.29. The molecule has 2 aromatic carbocycles. The van der Waals surface area contributed by atoms with Gasteiger partial charge >= 0.3 is 5.97 Å². The molecule has 0 aliphatic heterocycles. The van der Waals surface area contributed by atoms with Crippen molar-refractivity contribution in [2.45, 2.75) is 26.4 Å². The third-order valence-electron chi connectivity index (χ3n) is 4.37. The SMILES string of the molecule is CCc1nc2ccccc2n1CC(=O)OCC(=O)NCc1ccccc1OC. The molecule has 1 N–H and O–H groups in total. The van der Waals surface area contributed by atoms with E-state index in [9.17, 15) is 9.59 Å². The zero-order valence-corrected chi connectivity index (χ0v) is 16.0. The van der Waals surface area contributed by atoms with Crippen LogP contribution in [0.2, 0.25) is 0 Å². The summed E-state index contributed by atoms with van der Waals surface area (Å²) in [4.78, 5) is 28.8. The number of amides is 1. The van der Waals surface area contributed by atoms with Crippen molar-refractivity contribution in [2.75, 3.05) is 13.7 Å². The molecule has 0 fully saturated rings. The first-order valence-electron chi connectivity index (χ1n) is 9.10. The second-order valence-corrected chi connectivity index (χ2v) is 6.21. The van der Waals surface area contributed by atoms with Gasteiger partial charge in [0.1, 0.15) is 18.1 Å². The van der Waals surface area contributed by atoms with Crippen LogP contribution >= 0.6 is 0 Å². The standard InChI is InChI=1S/C21H23N3O4/c1-3-19-23-16-9-5-6-10-17(16)24(19)13-21(26)28-14-20(25)22-12-15-8-4-7-11-18(15)27-2/h4-11H,3,12-14H2,1-2H3,(H,22,25). The van der Waals surface area contributed by atoms with E-state index in [2.05, 4.69) is 10.3 Å². The summed E-state index contributed by atoms with van der Waals surface area (Å²) >= 11 is 0. The summed E-state index contributed by atoms with van der Waals surface area (Å²) < 4.78 is 12.2. The van der Waals surface area contributed by atoms with Crippen molar-refractivity contribution in [1.29, 1.82) is 0 Å². The van der Waals surface area contributed by atoms with Crippen LogP contribution in [-0.2, 0) is 33.8 Å². The molecule has 3 rings (SSSR count). The van der Waals surface area contributed by atoms with Gasteiger partial charge in [-0.3, -0.25) is 9.59 Å². The Bertz CT molecular complexity index is 981. The number of benzene rings is 2. The number of hydrogen-bond donors (Lipinski definition) is 1. The van der Waals surface area contributed by atoms with E-state index < -0.39 is 5.97 Å². The van der Waals surface area contributed by atoms with Gasteiger partial charge in [-0.25, -0.2) is 4.98 Å². The van der Waals surface area contributed by atoms with Crippen LogP contribution in [0.1, 0.15) is 18.3 Å². The second-order valence-electron chi connectivity index (χ2n) is 6.21. The monoisotopic (exact) mass is 381 g/mol. The van der Waals surface area contributed by atoms with Crippen LogP contribution in [0.5, 0.6) is 5.75 Å². The minimum absolute atomic E-state index is 0.0173. The Morgan fingerprint density at radius 3 is 2.64 bits per heavy atom. The highest BCUT2D eigenvalue weighted by molar-refractivity contribution is 5.82. The van der Waals surface area contributed by atoms with Crippen molar-refractivity contribution in [3.05, 3.63) is 59.9 Å². The number of para-hydroxylation sites is 3. The number of hydrogen-bond acceptors (Lipinski definition) is 5. The second kappa shape index (κ2) is 9.03. The summed E-state index contributed by atoms with van der Waals surface area (Å²) in [6.07, 6.45) is 0.696. The molecular formula is C21H23N3O4. The van der Waals surface area contributed by atoms with Crippen LogP contribution in [0, 0.1) is 0 Å². The molecule has 146 valence electrons. The van der Waals surface area contributed by atoms with Crippen LogP contribution in [0.3, 0.4) is 0 Å². The fraction of sp³-hybridized carbons (Fsp3) is 0.286. The van der Waals surface area contributed by atoms with Crippen molar-refractivity contribution in [2.24, 2.45) is 0 Å². The molecule has 0 unspecified atom stereocenters. The number of methoxy groups -OCH3 is 1. The summed E-state index contributed by atoms with van der Waals surface area (Å²) in [6.45, 7) is 1.96. The molecular weight excluding hydrogens is 358 g/mol. The molecule has 0 aliphatic rings. The molecule has 7 heteroatoms. The molecule has 1 aromatic heterocycles. The molecule has 0 radical (unpaired) electrons. The topological polar surface area (TPSA) is 82.5 Å². The minimum Gasteiger partial charge on any atom is -0.496 e. The normalized spacial score (nSPS) is 10.6. The first kappa shape index (κ1) is 19.4. The van der Waals surface area contributed by atoms with Gasteiger partial charge in [0.2, 0.25) is 0 Å². The van der Waals surface area contributed by atoms with Gasteiger partial charge in [-0.05, 0) is 18.2 Å². The summed E-state index contributed by atoms with van der Waals surface area (Å²) in [5.41, 5.74) is 2.56. The Labute approximate surface area is 163 Å². The number of carbonyl (C=O) groups is 2. The van der Waals surface area contributed by atoms with E-state index >= 15 is 0 Å². The number of aromatic nitrogens is 2. The highest BCUT2D eigenvalue weighted by Crippen LogP contribution is 2.17. The number of esters is 1. The fourth-order valence-corrected chi connectivity index (χ4v) is 2.99. The van der Waals surface area contributed by atoms with Crippen LogP contribution in [0.4, 0.5) is 0 Å². The van der Waals surface area contributed by atoms with Crippen molar-refractivity contribution in [1.82, 2.24) is 14.9 Å². The Balaban J connectivity index is 1.54. The number of ether oxygens (including phenoxy) is 2. The van der Waals surface area contributed by atoms with E-state index in [0.717, 1.165) is 22.4 Å². The number of fused-ring (bicyclic) bond motifs is 1. The van der Waals surface area contributed by atoms with Crippen LogP contribution in [-0.4, -0.2) is 35.1 Å². The van der Waals surface area contributed by atoms with Crippen LogP contribution in [0.25, 0.3) is 11.0 Å². The average Bonchev–Trinajstić information content (AvgIpc) is 3.08. The van der Waals surface area contributed by atoms with Crippen LogP contribution in [0.15, 0.2) is 48.5 Å². The smallest absolute Gasteiger partial charge is 0.326 e. The van der Waals surface area contributed by atoms with Crippen molar-refractivity contribution in [3.63, 3.8) is 0 Å². The molecule has 0 atom stereocenters. The summed E-state index contributed by atoms with van der Waals surface area (Å²) in [7, 11) is 1.58. The number of imidazole rings is 1. The Morgan fingerprint density at radius 2 is 1.86 bits per heavy atom. The highest BCUT2D eigenvalue weighted by atomic mass is 16.5. The summed E-state index contributed by atoms with van der Waals surface area (Å²) in [6, 6.07) is 15.0. The van der Waals surface area contributed by atoms with Gasteiger partial charge in [0.05, 0.1) is 18.1 Å². The number of nitrogens with one attached hydrogen (secondary N) is 1. The van der Waals surface area contributed by atoms with Gasteiger partial charge < -0.3 is 19.4 Å². The number of nitrogens with zero attached hydrogens (tertiary/aromatic N) is 2. The zero-order valence-electron chi connectivity index (χ0n) is 16.0. The van der Waals surface area contributed by atoms with E-state index in [1.807, 2.05) is 60.0 Å². The summed E-state index contributed by atoms with van der Waals surface area (Å²) in [5.74, 6) is 0.647. The van der Waals surface area contributed by atoms with E-state index in [4.69, 9.17) is 9.47 Å². The van der Waals surface area contributed by atoms with Gasteiger partial charge in [-0.1, -0.05) is 37.3 Å². The van der Waals surface area contributed by atoms with Crippen molar-refractivity contribution in [3.8, 4) is 5.75 Å². The number of carbonyl (C=O) groups excluding carboxylic acids is 2. The largest absolute Gasteiger partial charge is 0.496 e. The maximum Gasteiger partial charge on any atom is 0.326 e. The molecule has 28 heavy (non-hydrogen) atoms. The molecule has 0 bridgehead atoms. The van der Waals surface area contributed by atoms with Gasteiger partial charge in [-0.2, -0.15) is 0 Å². The minimum atomic E-state index is -0.481. The van der Waals surface area contributed by atoms with E-state index in [-0.39, 0.29) is 19.1 Å². The molecule has 7 nitrogen and oxygen atoms in total. The van der Waals surface area contributed by atoms with E-state index in [1.54, 1.807) is 7.11 Å². The van der Waals surface area contributed by atoms with Crippen molar-refractivity contribution < 1.29 is 19.1 Å². The van der Waals surface area contributed by atoms with E-state index in [0.29, 0.717) is 18.7 Å². The highest BCUT2D eigenvalue weighted by Gasteiger charge is 2.14. The zero-order chi connectivity index (χ0) is 19.9. The summed E-state index contributed by atoms with van der Waals surface area (Å²) in [5, 5.41) is 2.72. The lowest BCUT2D eigenvalue weighted by Gasteiger charge is -2.11. The van der Waals surface area contributed by atoms with Gasteiger partial charge in [0.15, 0.2) is 6.61 Å². The lowest BCUT2D eigenvalue weighted by molar-refractivity contribution is -0.149. The quantitative estimate of drug-likeness (QED) is 0.606. The van der Waals surface area contributed by atoms with Gasteiger partial charge in [-0.15, -0.1) is 0 Å². The molecule has 0 saturated carbocycles. The Kier molecular flexibility index (Phi) is 6.26. The first-order valence-corrected chi connectivity index (χ1v) is 9.10. The molecule has 0 aliphatic carbocycles. The number of aryl methyl sites for hydroxylation is 1. The molecule has 0 saturated heterocycles. The Morgan fingerprint density at radius 1 is 1.11 bits per heavy atom. The maximum atomic E-state index is 12.2. The predicted molar refractivity (Wildman–Crippen MR) is 105 cm³/mol. The molecule has 3 aromatic rings.